The summed E-state index contributed by atoms with van der Waals surface area (Å²) in [6, 6.07) is 6.25. The zero-order valence-electron chi connectivity index (χ0n) is 13.2. The second-order valence-electron chi connectivity index (χ2n) is 5.94. The summed E-state index contributed by atoms with van der Waals surface area (Å²) >= 11 is 0. The fourth-order valence-electron chi connectivity index (χ4n) is 2.82. The number of hydrogen-bond donors (Lipinski definition) is 2. The lowest BCUT2D eigenvalue weighted by Crippen LogP contribution is -2.30. The molecule has 0 fully saturated rings. The van der Waals surface area contributed by atoms with Gasteiger partial charge in [-0.05, 0) is 69.2 Å². The molecule has 1 aliphatic carbocycles. The topological polar surface area (TPSA) is 41.1 Å². The number of anilines is 1. The molecule has 0 aromatic heterocycles. The molecule has 3 nitrogen and oxygen atoms in total. The average molecular weight is 286 g/mol. The van der Waals surface area contributed by atoms with E-state index >= 15 is 0 Å². The number of aryl methyl sites for hydroxylation is 2. The van der Waals surface area contributed by atoms with E-state index in [0.29, 0.717) is 6.54 Å². The Bertz CT molecular complexity index is 500. The Hall–Kier alpha value is -1.77. The van der Waals surface area contributed by atoms with Gasteiger partial charge in [-0.15, -0.1) is 0 Å². The van der Waals surface area contributed by atoms with E-state index in [1.54, 1.807) is 0 Å². The summed E-state index contributed by atoms with van der Waals surface area (Å²) < 4.78 is 0. The van der Waals surface area contributed by atoms with E-state index in [4.69, 9.17) is 0 Å². The summed E-state index contributed by atoms with van der Waals surface area (Å²) in [5, 5.41) is 6.18. The maximum atomic E-state index is 11.8. The summed E-state index contributed by atoms with van der Waals surface area (Å²) in [5.74, 6) is 0.0607. The molecular weight excluding hydrogens is 260 g/mol. The van der Waals surface area contributed by atoms with Gasteiger partial charge in [0, 0.05) is 12.2 Å². The molecule has 21 heavy (non-hydrogen) atoms. The van der Waals surface area contributed by atoms with Crippen molar-refractivity contribution in [2.75, 3.05) is 18.4 Å². The molecular formula is C18H26N2O. The van der Waals surface area contributed by atoms with Crippen LogP contribution in [0.2, 0.25) is 0 Å². The van der Waals surface area contributed by atoms with Gasteiger partial charge in [0.2, 0.25) is 5.91 Å². The van der Waals surface area contributed by atoms with Gasteiger partial charge in [0.25, 0.3) is 0 Å². The van der Waals surface area contributed by atoms with Crippen molar-refractivity contribution in [3.8, 4) is 0 Å². The van der Waals surface area contributed by atoms with Crippen LogP contribution in [0.25, 0.3) is 0 Å². The maximum Gasteiger partial charge on any atom is 0.239 e. The molecule has 3 heteroatoms. The molecule has 1 aromatic rings. The summed E-state index contributed by atoms with van der Waals surface area (Å²) in [6.45, 7) is 5.22. The minimum absolute atomic E-state index is 0.0607. The molecule has 1 amide bonds. The number of allylic oxidation sites excluding steroid dienone is 1. The van der Waals surface area contributed by atoms with Gasteiger partial charge < -0.3 is 10.6 Å². The van der Waals surface area contributed by atoms with E-state index in [2.05, 4.69) is 48.8 Å². The first-order valence-electron chi connectivity index (χ1n) is 7.90. The highest BCUT2D eigenvalue weighted by molar-refractivity contribution is 5.80. The lowest BCUT2D eigenvalue weighted by atomic mass is 9.97. The first kappa shape index (κ1) is 15.6. The lowest BCUT2D eigenvalue weighted by molar-refractivity contribution is -0.119. The largest absolute Gasteiger partial charge is 0.376 e. The third-order valence-electron chi connectivity index (χ3n) is 3.83. The van der Waals surface area contributed by atoms with Crippen molar-refractivity contribution >= 4 is 11.6 Å². The van der Waals surface area contributed by atoms with Crippen LogP contribution in [0.1, 0.15) is 43.2 Å². The van der Waals surface area contributed by atoms with Gasteiger partial charge in [0.1, 0.15) is 0 Å². The van der Waals surface area contributed by atoms with Gasteiger partial charge in [-0.25, -0.2) is 0 Å². The standard InChI is InChI=1S/C18H26N2O/c1-14-10-15(2)12-17(11-14)20-13-18(21)19-9-8-16-6-4-3-5-7-16/h6,10-12,20H,3-5,7-9,13H2,1-2H3,(H,19,21). The highest BCUT2D eigenvalue weighted by Gasteiger charge is 2.05. The number of carbonyl (C=O) groups is 1. The highest BCUT2D eigenvalue weighted by atomic mass is 16.1. The van der Waals surface area contributed by atoms with Crippen molar-refractivity contribution in [1.29, 1.82) is 0 Å². The summed E-state index contributed by atoms with van der Waals surface area (Å²) in [6.07, 6.45) is 8.36. The Balaban J connectivity index is 1.68. The number of hydrogen-bond acceptors (Lipinski definition) is 2. The Morgan fingerprint density at radius 1 is 1.14 bits per heavy atom. The van der Waals surface area contributed by atoms with E-state index in [9.17, 15) is 4.79 Å². The fourth-order valence-corrected chi connectivity index (χ4v) is 2.82. The van der Waals surface area contributed by atoms with Crippen molar-refractivity contribution in [2.24, 2.45) is 0 Å². The molecule has 0 spiro atoms. The van der Waals surface area contributed by atoms with Gasteiger partial charge in [-0.2, -0.15) is 0 Å². The van der Waals surface area contributed by atoms with Crippen LogP contribution in [0.4, 0.5) is 5.69 Å². The normalized spacial score (nSPS) is 14.5. The predicted molar refractivity (Wildman–Crippen MR) is 88.6 cm³/mol. The predicted octanol–water partition coefficient (Wildman–Crippen LogP) is 3.72. The number of carbonyl (C=O) groups excluding carboxylic acids is 1. The van der Waals surface area contributed by atoms with E-state index in [1.165, 1.54) is 42.4 Å². The molecule has 2 N–H and O–H groups in total. The number of nitrogens with one attached hydrogen (secondary N) is 2. The molecule has 0 saturated heterocycles. The van der Waals surface area contributed by atoms with Crippen LogP contribution >= 0.6 is 0 Å². The highest BCUT2D eigenvalue weighted by Crippen LogP contribution is 2.19. The van der Waals surface area contributed by atoms with Crippen molar-refractivity contribution in [1.82, 2.24) is 5.32 Å². The molecule has 0 bridgehead atoms. The van der Waals surface area contributed by atoms with Gasteiger partial charge in [0.05, 0.1) is 6.54 Å². The molecule has 0 saturated carbocycles. The molecule has 0 unspecified atom stereocenters. The molecule has 0 radical (unpaired) electrons. The quantitative estimate of drug-likeness (QED) is 0.783. The zero-order valence-corrected chi connectivity index (χ0v) is 13.2. The van der Waals surface area contributed by atoms with E-state index in [-0.39, 0.29) is 5.91 Å². The van der Waals surface area contributed by atoms with Crippen LogP contribution in [-0.4, -0.2) is 19.0 Å². The molecule has 1 aromatic carbocycles. The number of amides is 1. The minimum Gasteiger partial charge on any atom is -0.376 e. The number of benzene rings is 1. The smallest absolute Gasteiger partial charge is 0.239 e. The molecule has 114 valence electrons. The first-order chi connectivity index (χ1) is 10.1. The lowest BCUT2D eigenvalue weighted by Gasteiger charge is -2.13. The van der Waals surface area contributed by atoms with E-state index in [0.717, 1.165) is 18.7 Å². The SMILES string of the molecule is Cc1cc(C)cc(NCC(=O)NCCC2=CCCCC2)c1. The monoisotopic (exact) mass is 286 g/mol. The summed E-state index contributed by atoms with van der Waals surface area (Å²) in [7, 11) is 0. The summed E-state index contributed by atoms with van der Waals surface area (Å²) in [5.41, 5.74) is 4.94. The molecule has 1 aliphatic rings. The van der Waals surface area contributed by atoms with Crippen molar-refractivity contribution in [3.63, 3.8) is 0 Å². The third kappa shape index (κ3) is 5.62. The summed E-state index contributed by atoms with van der Waals surface area (Å²) in [4.78, 5) is 11.8. The Kier molecular flexibility index (Phi) is 5.85. The maximum absolute atomic E-state index is 11.8. The second kappa shape index (κ2) is 7.87. The molecule has 0 heterocycles. The van der Waals surface area contributed by atoms with Crippen molar-refractivity contribution in [3.05, 3.63) is 41.0 Å². The Labute approximate surface area is 127 Å². The minimum atomic E-state index is 0.0607. The van der Waals surface area contributed by atoms with Gasteiger partial charge >= 0.3 is 0 Å². The van der Waals surface area contributed by atoms with E-state index < -0.39 is 0 Å². The van der Waals surface area contributed by atoms with Gasteiger partial charge in [-0.1, -0.05) is 17.7 Å². The van der Waals surface area contributed by atoms with Crippen LogP contribution in [0.15, 0.2) is 29.8 Å². The van der Waals surface area contributed by atoms with Gasteiger partial charge in [-0.3, -0.25) is 4.79 Å². The van der Waals surface area contributed by atoms with Crippen LogP contribution in [-0.2, 0) is 4.79 Å². The fraction of sp³-hybridized carbons (Fsp3) is 0.500. The molecule has 0 aliphatic heterocycles. The average Bonchev–Trinajstić information content (AvgIpc) is 2.45. The molecule has 2 rings (SSSR count). The zero-order chi connectivity index (χ0) is 15.1. The van der Waals surface area contributed by atoms with Crippen molar-refractivity contribution in [2.45, 2.75) is 46.0 Å². The first-order valence-corrected chi connectivity index (χ1v) is 7.90. The van der Waals surface area contributed by atoms with E-state index in [1.807, 2.05) is 0 Å². The van der Waals surface area contributed by atoms with Crippen LogP contribution in [0.5, 0.6) is 0 Å². The Morgan fingerprint density at radius 3 is 2.57 bits per heavy atom. The van der Waals surface area contributed by atoms with Gasteiger partial charge in [0.15, 0.2) is 0 Å². The van der Waals surface area contributed by atoms with Crippen LogP contribution in [0.3, 0.4) is 0 Å². The molecule has 0 atom stereocenters. The third-order valence-corrected chi connectivity index (χ3v) is 3.83. The number of rotatable bonds is 6. The second-order valence-corrected chi connectivity index (χ2v) is 5.94. The van der Waals surface area contributed by atoms with Crippen molar-refractivity contribution < 1.29 is 4.79 Å². The van der Waals surface area contributed by atoms with Crippen LogP contribution in [0, 0.1) is 13.8 Å². The van der Waals surface area contributed by atoms with Crippen LogP contribution < -0.4 is 10.6 Å². The Morgan fingerprint density at radius 2 is 1.90 bits per heavy atom.